The topological polar surface area (TPSA) is 108 Å². The highest BCUT2D eigenvalue weighted by atomic mass is 16.5. The van der Waals surface area contributed by atoms with Crippen LogP contribution < -0.4 is 15.4 Å². The Kier molecular flexibility index (Phi) is 8.20. The predicted octanol–water partition coefficient (Wildman–Crippen LogP) is 1.38. The van der Waals surface area contributed by atoms with Crippen LogP contribution in [-0.2, 0) is 20.8 Å². The highest BCUT2D eigenvalue weighted by Gasteiger charge is 2.32. The summed E-state index contributed by atoms with van der Waals surface area (Å²) in [5, 5.41) is 5.57. The molecular weight excluding hydrogens is 460 g/mol. The number of hydrogen-bond acceptors (Lipinski definition) is 5. The first kappa shape index (κ1) is 25.2. The minimum atomic E-state index is -1.06. The number of para-hydroxylation sites is 1. The van der Waals surface area contributed by atoms with Crippen LogP contribution in [0.25, 0.3) is 0 Å². The van der Waals surface area contributed by atoms with Crippen molar-refractivity contribution in [2.75, 3.05) is 33.3 Å². The van der Waals surface area contributed by atoms with E-state index in [1.165, 1.54) is 4.90 Å². The zero-order valence-corrected chi connectivity index (χ0v) is 20.4. The summed E-state index contributed by atoms with van der Waals surface area (Å²) in [7, 11) is 1.65. The van der Waals surface area contributed by atoms with Crippen LogP contribution in [-0.4, -0.2) is 78.8 Å². The number of carbonyl (C=O) groups is 4. The van der Waals surface area contributed by atoms with Crippen LogP contribution >= 0.6 is 0 Å². The van der Waals surface area contributed by atoms with Crippen LogP contribution in [0.4, 0.5) is 0 Å². The van der Waals surface area contributed by atoms with Crippen LogP contribution in [0.5, 0.6) is 5.75 Å². The number of rotatable bonds is 3. The number of benzene rings is 2. The molecule has 0 aromatic heterocycles. The van der Waals surface area contributed by atoms with Crippen molar-refractivity contribution in [3.63, 3.8) is 0 Å². The molecular formula is C27H32N4O5. The Morgan fingerprint density at radius 2 is 1.64 bits per heavy atom. The quantitative estimate of drug-likeness (QED) is 0.673. The third kappa shape index (κ3) is 6.21. The fraction of sp³-hybridized carbons (Fsp3) is 0.407. The molecule has 0 saturated carbocycles. The lowest BCUT2D eigenvalue weighted by atomic mass is 10.0. The number of hydrogen-bond donors (Lipinski definition) is 2. The first-order valence-corrected chi connectivity index (χ1v) is 12.3. The van der Waals surface area contributed by atoms with Gasteiger partial charge in [-0.25, -0.2) is 0 Å². The van der Waals surface area contributed by atoms with E-state index in [2.05, 4.69) is 10.6 Å². The first-order chi connectivity index (χ1) is 17.4. The molecule has 0 spiro atoms. The van der Waals surface area contributed by atoms with Gasteiger partial charge in [0, 0.05) is 26.6 Å². The molecule has 4 rings (SSSR count). The minimum Gasteiger partial charge on any atom is -0.491 e. The lowest BCUT2D eigenvalue weighted by molar-refractivity contribution is -0.137. The van der Waals surface area contributed by atoms with E-state index in [9.17, 15) is 19.2 Å². The van der Waals surface area contributed by atoms with Gasteiger partial charge in [-0.1, -0.05) is 42.5 Å². The van der Waals surface area contributed by atoms with Crippen LogP contribution in [0.15, 0.2) is 54.6 Å². The third-order valence-corrected chi connectivity index (χ3v) is 6.52. The SMILES string of the molecule is CN1CCOc2ccccc2C(=O)N[C@H](C(=O)N2CCCC2)CC(=O)N[C@H](Cc2ccccc2)C1=O. The molecule has 2 aliphatic heterocycles. The summed E-state index contributed by atoms with van der Waals surface area (Å²) >= 11 is 0. The highest BCUT2D eigenvalue weighted by Crippen LogP contribution is 2.19. The normalized spacial score (nSPS) is 21.6. The monoisotopic (exact) mass is 492 g/mol. The molecule has 0 radical (unpaired) electrons. The van der Waals surface area contributed by atoms with Crippen molar-refractivity contribution in [1.82, 2.24) is 20.4 Å². The Labute approximate surface area is 210 Å². The number of amides is 4. The summed E-state index contributed by atoms with van der Waals surface area (Å²) in [5.41, 5.74) is 1.17. The Hall–Kier alpha value is -3.88. The second-order valence-corrected chi connectivity index (χ2v) is 9.18. The van der Waals surface area contributed by atoms with Gasteiger partial charge >= 0.3 is 0 Å². The van der Waals surface area contributed by atoms with Gasteiger partial charge in [-0.2, -0.15) is 0 Å². The van der Waals surface area contributed by atoms with Gasteiger partial charge < -0.3 is 25.2 Å². The van der Waals surface area contributed by atoms with Crippen molar-refractivity contribution in [2.24, 2.45) is 0 Å². The van der Waals surface area contributed by atoms with Crippen molar-refractivity contribution in [3.05, 3.63) is 65.7 Å². The molecule has 2 aromatic rings. The van der Waals surface area contributed by atoms with Gasteiger partial charge in [-0.3, -0.25) is 19.2 Å². The molecule has 4 amide bonds. The molecule has 2 atom stereocenters. The number of nitrogens with zero attached hydrogens (tertiary/aromatic N) is 2. The van der Waals surface area contributed by atoms with Crippen LogP contribution in [0.2, 0.25) is 0 Å². The van der Waals surface area contributed by atoms with Crippen molar-refractivity contribution < 1.29 is 23.9 Å². The van der Waals surface area contributed by atoms with Crippen LogP contribution in [0.1, 0.15) is 35.2 Å². The van der Waals surface area contributed by atoms with Gasteiger partial charge in [0.1, 0.15) is 24.4 Å². The summed E-state index contributed by atoms with van der Waals surface area (Å²) < 4.78 is 5.85. The lowest BCUT2D eigenvalue weighted by Crippen LogP contribution is -2.53. The summed E-state index contributed by atoms with van der Waals surface area (Å²) in [6, 6.07) is 14.3. The molecule has 1 fully saturated rings. The molecule has 2 aliphatic rings. The second-order valence-electron chi connectivity index (χ2n) is 9.18. The molecule has 9 heteroatoms. The molecule has 2 aromatic carbocycles. The average Bonchev–Trinajstić information content (AvgIpc) is 3.42. The summed E-state index contributed by atoms with van der Waals surface area (Å²) in [5.74, 6) is -1.17. The predicted molar refractivity (Wildman–Crippen MR) is 133 cm³/mol. The van der Waals surface area contributed by atoms with E-state index in [-0.39, 0.29) is 37.0 Å². The summed E-state index contributed by atoms with van der Waals surface area (Å²) in [4.78, 5) is 56.1. The van der Waals surface area contributed by atoms with Gasteiger partial charge in [0.25, 0.3) is 5.91 Å². The first-order valence-electron chi connectivity index (χ1n) is 12.3. The summed E-state index contributed by atoms with van der Waals surface area (Å²) in [6.07, 6.45) is 1.80. The van der Waals surface area contributed by atoms with Gasteiger partial charge in [0.15, 0.2) is 0 Å². The molecule has 2 N–H and O–H groups in total. The minimum absolute atomic E-state index is 0.161. The highest BCUT2D eigenvalue weighted by molar-refractivity contribution is 6.01. The Balaban J connectivity index is 1.63. The van der Waals surface area contributed by atoms with E-state index in [1.54, 1.807) is 36.2 Å². The number of likely N-dealkylation sites (tertiary alicyclic amines) is 1. The average molecular weight is 493 g/mol. The standard InChI is InChI=1S/C27H32N4O5/c1-30-15-16-36-23-12-6-5-11-20(23)25(33)29-22(27(35)31-13-7-8-14-31)18-24(32)28-21(26(30)34)17-19-9-3-2-4-10-19/h2-6,9-12,21-22H,7-8,13-18H2,1H3,(H,28,32)(H,29,33)/t21-,22+/m1/s1. The molecule has 0 unspecified atom stereocenters. The van der Waals surface area contributed by atoms with Crippen molar-refractivity contribution in [1.29, 1.82) is 0 Å². The maximum absolute atomic E-state index is 13.3. The van der Waals surface area contributed by atoms with E-state index >= 15 is 0 Å². The Morgan fingerprint density at radius 1 is 0.944 bits per heavy atom. The molecule has 9 nitrogen and oxygen atoms in total. The molecule has 190 valence electrons. The lowest BCUT2D eigenvalue weighted by Gasteiger charge is -2.28. The third-order valence-electron chi connectivity index (χ3n) is 6.52. The van der Waals surface area contributed by atoms with Gasteiger partial charge in [0.2, 0.25) is 17.7 Å². The van der Waals surface area contributed by atoms with E-state index < -0.39 is 23.9 Å². The van der Waals surface area contributed by atoms with Gasteiger partial charge in [-0.15, -0.1) is 0 Å². The van der Waals surface area contributed by atoms with Crippen molar-refractivity contribution >= 4 is 23.6 Å². The number of ether oxygens (including phenoxy) is 1. The molecule has 36 heavy (non-hydrogen) atoms. The van der Waals surface area contributed by atoms with Crippen molar-refractivity contribution in [3.8, 4) is 5.75 Å². The number of likely N-dealkylation sites (N-methyl/N-ethyl adjacent to an activating group) is 1. The fourth-order valence-electron chi connectivity index (χ4n) is 4.53. The molecule has 1 saturated heterocycles. The van der Waals surface area contributed by atoms with E-state index in [4.69, 9.17) is 4.74 Å². The maximum Gasteiger partial charge on any atom is 0.255 e. The number of fused-ring (bicyclic) bond motifs is 1. The summed E-state index contributed by atoms with van der Waals surface area (Å²) in [6.45, 7) is 1.61. The van der Waals surface area contributed by atoms with Gasteiger partial charge in [0.05, 0.1) is 18.5 Å². The molecule has 0 aliphatic carbocycles. The molecule has 2 heterocycles. The fourth-order valence-corrected chi connectivity index (χ4v) is 4.53. The Morgan fingerprint density at radius 3 is 2.39 bits per heavy atom. The van der Waals surface area contributed by atoms with E-state index in [0.29, 0.717) is 25.3 Å². The van der Waals surface area contributed by atoms with E-state index in [0.717, 1.165) is 18.4 Å². The van der Waals surface area contributed by atoms with Crippen LogP contribution in [0.3, 0.4) is 0 Å². The van der Waals surface area contributed by atoms with E-state index in [1.807, 2.05) is 30.3 Å². The zero-order valence-electron chi connectivity index (χ0n) is 20.4. The maximum atomic E-state index is 13.3. The van der Waals surface area contributed by atoms with Crippen molar-refractivity contribution in [2.45, 2.75) is 37.8 Å². The second kappa shape index (κ2) is 11.7. The smallest absolute Gasteiger partial charge is 0.255 e. The zero-order chi connectivity index (χ0) is 25.5. The largest absolute Gasteiger partial charge is 0.491 e. The van der Waals surface area contributed by atoms with Crippen LogP contribution in [0, 0.1) is 0 Å². The van der Waals surface area contributed by atoms with Gasteiger partial charge in [-0.05, 0) is 30.5 Å². The molecule has 0 bridgehead atoms. The number of carbonyl (C=O) groups excluding carboxylic acids is 4. The Bertz CT molecular complexity index is 1100. The number of nitrogens with one attached hydrogen (secondary N) is 2.